The highest BCUT2D eigenvalue weighted by Gasteiger charge is 2.29. The van der Waals surface area contributed by atoms with Gasteiger partial charge < -0.3 is 15.2 Å². The molecule has 0 aliphatic heterocycles. The van der Waals surface area contributed by atoms with Crippen LogP contribution in [0.1, 0.15) is 25.7 Å². The average Bonchev–Trinajstić information content (AvgIpc) is 2.96. The molecular formula is C22H24FN5O2. The lowest BCUT2D eigenvalue weighted by Crippen LogP contribution is -2.35. The Labute approximate surface area is 174 Å². The first-order valence-corrected chi connectivity index (χ1v) is 10.1. The van der Waals surface area contributed by atoms with E-state index >= 15 is 0 Å². The number of hydrogen-bond acceptors (Lipinski definition) is 7. The Balaban J connectivity index is 1.49. The van der Waals surface area contributed by atoms with Crippen molar-refractivity contribution in [3.05, 3.63) is 48.9 Å². The molecule has 1 aromatic carbocycles. The Morgan fingerprint density at radius 3 is 2.70 bits per heavy atom. The normalized spacial score (nSPS) is 21.7. The summed E-state index contributed by atoms with van der Waals surface area (Å²) in [5.41, 5.74) is 2.45. The van der Waals surface area contributed by atoms with Crippen molar-refractivity contribution in [2.24, 2.45) is 0 Å². The number of rotatable bonds is 5. The van der Waals surface area contributed by atoms with Gasteiger partial charge in [0.05, 0.1) is 17.6 Å². The van der Waals surface area contributed by atoms with E-state index in [-0.39, 0.29) is 17.7 Å². The lowest BCUT2D eigenvalue weighted by atomic mass is 10.1. The maximum atomic E-state index is 14.4. The van der Waals surface area contributed by atoms with E-state index in [1.54, 1.807) is 42.9 Å². The largest absolute Gasteiger partial charge is 0.507 e. The summed E-state index contributed by atoms with van der Waals surface area (Å²) in [6.45, 7) is 0. The van der Waals surface area contributed by atoms with Crippen molar-refractivity contribution in [1.29, 1.82) is 0 Å². The highest BCUT2D eigenvalue weighted by atomic mass is 19.1. The Bertz CT molecular complexity index is 971. The third kappa shape index (κ3) is 4.54. The molecule has 2 N–H and O–H groups in total. The molecule has 1 aliphatic carbocycles. The fraction of sp³-hybridized carbons (Fsp3) is 0.364. The molecule has 3 atom stereocenters. The molecule has 0 amide bonds. The number of hydrogen-bond donors (Lipinski definition) is 2. The lowest BCUT2D eigenvalue weighted by molar-refractivity contribution is 0.0837. The number of aromatic nitrogens is 4. The zero-order valence-electron chi connectivity index (χ0n) is 16.7. The topological polar surface area (TPSA) is 93.0 Å². The molecule has 4 rings (SSSR count). The Hall–Kier alpha value is -3.13. The molecular weight excluding hydrogens is 385 g/mol. The Morgan fingerprint density at radius 1 is 1.10 bits per heavy atom. The first-order valence-electron chi connectivity index (χ1n) is 10.1. The van der Waals surface area contributed by atoms with Gasteiger partial charge in [0.15, 0.2) is 0 Å². The van der Waals surface area contributed by atoms with Gasteiger partial charge in [-0.2, -0.15) is 0 Å². The molecule has 0 bridgehead atoms. The fourth-order valence-electron chi connectivity index (χ4n) is 3.71. The van der Waals surface area contributed by atoms with E-state index in [2.05, 4.69) is 25.5 Å². The minimum atomic E-state index is -1.03. The number of halogens is 1. The molecule has 156 valence electrons. The molecule has 0 radical (unpaired) electrons. The van der Waals surface area contributed by atoms with Crippen LogP contribution in [-0.4, -0.2) is 50.6 Å². The van der Waals surface area contributed by atoms with Gasteiger partial charge in [0.1, 0.15) is 18.0 Å². The molecule has 3 aromatic rings. The summed E-state index contributed by atoms with van der Waals surface area (Å²) < 4.78 is 20.2. The van der Waals surface area contributed by atoms with E-state index in [1.165, 1.54) is 0 Å². The molecule has 2 aromatic heterocycles. The minimum absolute atomic E-state index is 0.0607. The SMILES string of the molecule is CNC1CCCC(F)[C@@H](Oc2ccc(-c3ccc(-c4cnccn4)cc3O)nn2)C1. The van der Waals surface area contributed by atoms with Gasteiger partial charge in [-0.1, -0.05) is 6.07 Å². The summed E-state index contributed by atoms with van der Waals surface area (Å²) in [7, 11) is 1.89. The average molecular weight is 409 g/mol. The van der Waals surface area contributed by atoms with Crippen LogP contribution in [0.5, 0.6) is 11.6 Å². The van der Waals surface area contributed by atoms with Crippen molar-refractivity contribution in [3.63, 3.8) is 0 Å². The molecule has 0 saturated heterocycles. The quantitative estimate of drug-likeness (QED) is 0.623. The van der Waals surface area contributed by atoms with Gasteiger partial charge in [-0.25, -0.2) is 4.39 Å². The molecule has 30 heavy (non-hydrogen) atoms. The summed E-state index contributed by atoms with van der Waals surface area (Å²) in [5, 5.41) is 21.9. The number of alkyl halides is 1. The molecule has 0 spiro atoms. The second kappa shape index (κ2) is 9.13. The summed E-state index contributed by atoms with van der Waals surface area (Å²) in [5.74, 6) is 0.337. The minimum Gasteiger partial charge on any atom is -0.507 e. The van der Waals surface area contributed by atoms with E-state index in [9.17, 15) is 9.50 Å². The van der Waals surface area contributed by atoms with Gasteiger partial charge in [-0.15, -0.1) is 10.2 Å². The van der Waals surface area contributed by atoms with Crippen LogP contribution in [0.15, 0.2) is 48.9 Å². The van der Waals surface area contributed by atoms with Gasteiger partial charge in [0.2, 0.25) is 5.88 Å². The summed E-state index contributed by atoms with van der Waals surface area (Å²) in [6.07, 6.45) is 6.09. The maximum absolute atomic E-state index is 14.4. The van der Waals surface area contributed by atoms with Crippen LogP contribution in [0.3, 0.4) is 0 Å². The lowest BCUT2D eigenvalue weighted by Gasteiger charge is -2.22. The highest BCUT2D eigenvalue weighted by molar-refractivity contribution is 5.72. The number of phenols is 1. The van der Waals surface area contributed by atoms with E-state index in [0.717, 1.165) is 18.4 Å². The van der Waals surface area contributed by atoms with Crippen LogP contribution >= 0.6 is 0 Å². The standard InChI is InChI=1S/C22H24FN5O2/c1-24-15-3-2-4-17(23)21(12-15)30-22-8-7-18(27-28-22)16-6-5-14(11-20(16)29)19-13-25-9-10-26-19/h5-11,13,15,17,21,24,29H,2-4,12H2,1H3/t15?,17?,21-/m0/s1. The van der Waals surface area contributed by atoms with E-state index in [1.807, 2.05) is 13.1 Å². The maximum Gasteiger partial charge on any atom is 0.233 e. The van der Waals surface area contributed by atoms with Gasteiger partial charge in [0.25, 0.3) is 0 Å². The number of phenolic OH excluding ortho intramolecular Hbond substituents is 1. The van der Waals surface area contributed by atoms with E-state index in [0.29, 0.717) is 29.8 Å². The molecule has 1 fully saturated rings. The fourth-order valence-corrected chi connectivity index (χ4v) is 3.71. The molecule has 1 saturated carbocycles. The summed E-state index contributed by atoms with van der Waals surface area (Å²) in [6, 6.07) is 8.80. The highest BCUT2D eigenvalue weighted by Crippen LogP contribution is 2.32. The molecule has 7 nitrogen and oxygen atoms in total. The van der Waals surface area contributed by atoms with Crippen molar-refractivity contribution in [2.75, 3.05) is 7.05 Å². The molecule has 2 heterocycles. The van der Waals surface area contributed by atoms with Crippen molar-refractivity contribution >= 4 is 0 Å². The second-order valence-corrected chi connectivity index (χ2v) is 7.40. The van der Waals surface area contributed by atoms with Crippen LogP contribution in [0.4, 0.5) is 4.39 Å². The zero-order chi connectivity index (χ0) is 20.9. The second-order valence-electron chi connectivity index (χ2n) is 7.40. The Morgan fingerprint density at radius 2 is 2.00 bits per heavy atom. The van der Waals surface area contributed by atoms with Gasteiger partial charge >= 0.3 is 0 Å². The number of benzene rings is 1. The number of ether oxygens (including phenoxy) is 1. The Kier molecular flexibility index (Phi) is 6.13. The summed E-state index contributed by atoms with van der Waals surface area (Å²) >= 11 is 0. The third-order valence-electron chi connectivity index (χ3n) is 5.41. The van der Waals surface area contributed by atoms with Crippen LogP contribution in [0.2, 0.25) is 0 Å². The van der Waals surface area contributed by atoms with Crippen molar-refractivity contribution in [2.45, 2.75) is 44.0 Å². The van der Waals surface area contributed by atoms with Gasteiger partial charge in [-0.3, -0.25) is 9.97 Å². The molecule has 8 heteroatoms. The van der Waals surface area contributed by atoms with Crippen LogP contribution < -0.4 is 10.1 Å². The monoisotopic (exact) mass is 409 g/mol. The number of nitrogens with zero attached hydrogens (tertiary/aromatic N) is 4. The zero-order valence-corrected chi connectivity index (χ0v) is 16.7. The van der Waals surface area contributed by atoms with E-state index in [4.69, 9.17) is 4.74 Å². The van der Waals surface area contributed by atoms with Crippen LogP contribution in [0, 0.1) is 0 Å². The first kappa shape index (κ1) is 20.2. The van der Waals surface area contributed by atoms with E-state index < -0.39 is 12.3 Å². The first-order chi connectivity index (χ1) is 14.6. The van der Waals surface area contributed by atoms with Crippen molar-refractivity contribution in [3.8, 4) is 34.1 Å². The van der Waals surface area contributed by atoms with Crippen LogP contribution in [0.25, 0.3) is 22.5 Å². The van der Waals surface area contributed by atoms with Crippen molar-refractivity contribution < 1.29 is 14.2 Å². The van der Waals surface area contributed by atoms with Gasteiger partial charge in [0, 0.05) is 42.0 Å². The smallest absolute Gasteiger partial charge is 0.233 e. The number of aromatic hydroxyl groups is 1. The molecule has 2 unspecified atom stereocenters. The van der Waals surface area contributed by atoms with Crippen LogP contribution in [-0.2, 0) is 0 Å². The molecule has 1 aliphatic rings. The third-order valence-corrected chi connectivity index (χ3v) is 5.41. The number of nitrogens with one attached hydrogen (secondary N) is 1. The van der Waals surface area contributed by atoms with Crippen molar-refractivity contribution in [1.82, 2.24) is 25.5 Å². The summed E-state index contributed by atoms with van der Waals surface area (Å²) in [4.78, 5) is 8.27. The predicted molar refractivity (Wildman–Crippen MR) is 111 cm³/mol. The van der Waals surface area contributed by atoms with Gasteiger partial charge in [-0.05, 0) is 44.5 Å². The predicted octanol–water partition coefficient (Wildman–Crippen LogP) is 3.55.